The summed E-state index contributed by atoms with van der Waals surface area (Å²) in [4.78, 5) is 14.3. The van der Waals surface area contributed by atoms with E-state index in [1.54, 1.807) is 43.5 Å². The number of ether oxygens (including phenoxy) is 2. The topological polar surface area (TPSA) is 72.9 Å². The van der Waals surface area contributed by atoms with E-state index in [2.05, 4.69) is 0 Å². The third-order valence-electron chi connectivity index (χ3n) is 4.63. The molecule has 0 aliphatic carbocycles. The predicted octanol–water partition coefficient (Wildman–Crippen LogP) is 2.43. The van der Waals surface area contributed by atoms with Crippen molar-refractivity contribution >= 4 is 15.7 Å². The molecule has 2 aromatic rings. The Morgan fingerprint density at radius 1 is 1.18 bits per heavy atom. The third-order valence-corrected chi connectivity index (χ3v) is 6.38. The highest BCUT2D eigenvalue weighted by atomic mass is 32.2. The quantitative estimate of drug-likeness (QED) is 0.705. The summed E-state index contributed by atoms with van der Waals surface area (Å²) in [6, 6.07) is 12.3. The molecule has 0 saturated carbocycles. The zero-order chi connectivity index (χ0) is 20.1. The number of methoxy groups -OCH3 is 1. The Balaban J connectivity index is 1.72. The lowest BCUT2D eigenvalue weighted by molar-refractivity contribution is -0.136. The number of hydrogen-bond donors (Lipinski definition) is 0. The minimum Gasteiger partial charge on any atom is -0.497 e. The Bertz CT molecular complexity index is 930. The zero-order valence-corrected chi connectivity index (χ0v) is 16.3. The summed E-state index contributed by atoms with van der Waals surface area (Å²) in [6.45, 7) is -0.110. The van der Waals surface area contributed by atoms with Crippen LogP contribution in [0.3, 0.4) is 0 Å². The fourth-order valence-electron chi connectivity index (χ4n) is 3.17. The maximum absolute atomic E-state index is 13.5. The van der Waals surface area contributed by atoms with Crippen LogP contribution in [0.25, 0.3) is 0 Å². The summed E-state index contributed by atoms with van der Waals surface area (Å²) < 4.78 is 47.9. The van der Waals surface area contributed by atoms with Crippen molar-refractivity contribution in [1.29, 1.82) is 0 Å². The summed E-state index contributed by atoms with van der Waals surface area (Å²) >= 11 is 0. The van der Waals surface area contributed by atoms with E-state index >= 15 is 0 Å². The van der Waals surface area contributed by atoms with Crippen LogP contribution in [0.4, 0.5) is 4.39 Å². The van der Waals surface area contributed by atoms with E-state index in [1.165, 1.54) is 17.0 Å². The molecule has 2 aromatic carbocycles. The van der Waals surface area contributed by atoms with E-state index in [9.17, 15) is 17.6 Å². The van der Waals surface area contributed by atoms with Crippen LogP contribution in [-0.4, -0.2) is 50.5 Å². The van der Waals surface area contributed by atoms with E-state index < -0.39 is 21.7 Å². The zero-order valence-electron chi connectivity index (χ0n) is 15.5. The molecule has 0 radical (unpaired) electrons. The van der Waals surface area contributed by atoms with Gasteiger partial charge in [0.05, 0.1) is 18.6 Å². The van der Waals surface area contributed by atoms with E-state index in [0.717, 1.165) is 0 Å². The molecule has 8 heteroatoms. The summed E-state index contributed by atoms with van der Waals surface area (Å²) in [5.41, 5.74) is 0.599. The van der Waals surface area contributed by atoms with Crippen LogP contribution >= 0.6 is 0 Å². The second-order valence-corrected chi connectivity index (χ2v) is 8.90. The number of sulfone groups is 1. The Hall–Kier alpha value is -2.61. The van der Waals surface area contributed by atoms with Gasteiger partial charge in [-0.3, -0.25) is 4.79 Å². The fourth-order valence-corrected chi connectivity index (χ4v) is 4.90. The summed E-state index contributed by atoms with van der Waals surface area (Å²) in [5, 5.41) is 0. The van der Waals surface area contributed by atoms with Gasteiger partial charge in [0.1, 0.15) is 17.3 Å². The van der Waals surface area contributed by atoms with Crippen molar-refractivity contribution in [2.75, 3.05) is 25.2 Å². The van der Waals surface area contributed by atoms with Crippen LogP contribution in [0.1, 0.15) is 12.0 Å². The molecule has 0 bridgehead atoms. The fraction of sp³-hybridized carbons (Fsp3) is 0.350. The Morgan fingerprint density at radius 3 is 2.50 bits per heavy atom. The largest absolute Gasteiger partial charge is 0.497 e. The molecule has 150 valence electrons. The van der Waals surface area contributed by atoms with Gasteiger partial charge in [-0.15, -0.1) is 0 Å². The molecule has 0 spiro atoms. The molecule has 0 N–H and O–H groups in total. The SMILES string of the molecule is COc1ccc(OCC(=O)N(Cc2cccc(F)c2)C2CCS(=O)(=O)C2)cc1. The van der Waals surface area contributed by atoms with E-state index in [4.69, 9.17) is 9.47 Å². The number of hydrogen-bond acceptors (Lipinski definition) is 5. The smallest absolute Gasteiger partial charge is 0.261 e. The number of halogens is 1. The van der Waals surface area contributed by atoms with Crippen LogP contribution < -0.4 is 9.47 Å². The van der Waals surface area contributed by atoms with Crippen LogP contribution in [0.5, 0.6) is 11.5 Å². The lowest BCUT2D eigenvalue weighted by atomic mass is 10.1. The molecule has 1 aliphatic heterocycles. The first-order valence-corrected chi connectivity index (χ1v) is 10.7. The van der Waals surface area contributed by atoms with Gasteiger partial charge in [0.25, 0.3) is 5.91 Å². The second-order valence-electron chi connectivity index (χ2n) is 6.67. The molecule has 28 heavy (non-hydrogen) atoms. The maximum atomic E-state index is 13.5. The molecule has 1 atom stereocenters. The van der Waals surface area contributed by atoms with Crippen molar-refractivity contribution in [2.24, 2.45) is 0 Å². The van der Waals surface area contributed by atoms with Gasteiger partial charge in [0, 0.05) is 12.6 Å². The van der Waals surface area contributed by atoms with Gasteiger partial charge in [-0.05, 0) is 48.4 Å². The maximum Gasteiger partial charge on any atom is 0.261 e. The summed E-state index contributed by atoms with van der Waals surface area (Å²) in [7, 11) is -1.62. The lowest BCUT2D eigenvalue weighted by Gasteiger charge is -2.28. The molecule has 1 fully saturated rings. The minimum absolute atomic E-state index is 0.0456. The number of benzene rings is 2. The van der Waals surface area contributed by atoms with E-state index in [1.807, 2.05) is 0 Å². The molecule has 0 aromatic heterocycles. The summed E-state index contributed by atoms with van der Waals surface area (Å²) in [5.74, 6) is 0.377. The highest BCUT2D eigenvalue weighted by Crippen LogP contribution is 2.22. The van der Waals surface area contributed by atoms with Crippen molar-refractivity contribution in [3.63, 3.8) is 0 Å². The van der Waals surface area contributed by atoms with Gasteiger partial charge in [0.15, 0.2) is 16.4 Å². The van der Waals surface area contributed by atoms with Crippen molar-refractivity contribution < 1.29 is 27.1 Å². The first-order valence-electron chi connectivity index (χ1n) is 8.87. The molecule has 3 rings (SSSR count). The molecule has 1 unspecified atom stereocenters. The number of amides is 1. The standard InChI is InChI=1S/C20H22FNO5S/c1-26-18-5-7-19(8-6-18)27-13-20(23)22(17-9-10-28(24,25)14-17)12-15-3-2-4-16(21)11-15/h2-8,11,17H,9-10,12-14H2,1H3. The Morgan fingerprint density at radius 2 is 1.89 bits per heavy atom. The van der Waals surface area contributed by atoms with Crippen LogP contribution in [0.15, 0.2) is 48.5 Å². The van der Waals surface area contributed by atoms with Crippen molar-refractivity contribution in [1.82, 2.24) is 4.90 Å². The number of nitrogens with zero attached hydrogens (tertiary/aromatic N) is 1. The second kappa shape index (κ2) is 8.60. The number of carbonyl (C=O) groups is 1. The molecular formula is C20H22FNO5S. The van der Waals surface area contributed by atoms with Crippen LogP contribution in [0.2, 0.25) is 0 Å². The van der Waals surface area contributed by atoms with Gasteiger partial charge >= 0.3 is 0 Å². The average molecular weight is 407 g/mol. The van der Waals surface area contributed by atoms with Crippen molar-refractivity contribution in [2.45, 2.75) is 19.0 Å². The molecule has 1 aliphatic rings. The highest BCUT2D eigenvalue weighted by molar-refractivity contribution is 7.91. The molecule has 6 nitrogen and oxygen atoms in total. The molecule has 1 heterocycles. The van der Waals surface area contributed by atoms with Crippen molar-refractivity contribution in [3.8, 4) is 11.5 Å². The predicted molar refractivity (Wildman–Crippen MR) is 102 cm³/mol. The van der Waals surface area contributed by atoms with Gasteiger partial charge in [-0.25, -0.2) is 12.8 Å². The Labute approximate surface area is 163 Å². The van der Waals surface area contributed by atoms with Gasteiger partial charge in [0.2, 0.25) is 0 Å². The van der Waals surface area contributed by atoms with Crippen molar-refractivity contribution in [3.05, 3.63) is 59.9 Å². The summed E-state index contributed by atoms with van der Waals surface area (Å²) in [6.07, 6.45) is 0.367. The molecular weight excluding hydrogens is 385 g/mol. The lowest BCUT2D eigenvalue weighted by Crippen LogP contribution is -2.43. The minimum atomic E-state index is -3.17. The third kappa shape index (κ3) is 5.22. The number of rotatable bonds is 7. The van der Waals surface area contributed by atoms with Gasteiger partial charge in [-0.2, -0.15) is 0 Å². The molecule has 1 amide bonds. The normalized spacial score (nSPS) is 17.9. The molecule has 1 saturated heterocycles. The van der Waals surface area contributed by atoms with E-state index in [-0.39, 0.29) is 30.6 Å². The number of carbonyl (C=O) groups excluding carboxylic acids is 1. The van der Waals surface area contributed by atoms with Gasteiger partial charge in [-0.1, -0.05) is 12.1 Å². The highest BCUT2D eigenvalue weighted by Gasteiger charge is 2.34. The van der Waals surface area contributed by atoms with E-state index in [0.29, 0.717) is 23.5 Å². The Kier molecular flexibility index (Phi) is 6.18. The first-order chi connectivity index (χ1) is 13.4. The monoisotopic (exact) mass is 407 g/mol. The first kappa shape index (κ1) is 20.1. The average Bonchev–Trinajstić information content (AvgIpc) is 3.04. The van der Waals surface area contributed by atoms with Gasteiger partial charge < -0.3 is 14.4 Å². The van der Waals surface area contributed by atoms with Crippen LogP contribution in [-0.2, 0) is 21.2 Å². The van der Waals surface area contributed by atoms with Crippen LogP contribution in [0, 0.1) is 5.82 Å².